The standard InChI is InChI=1S/C10H13ClN2O/c1-3-4-5-9-8(10(11)14)6-12-7(2)13-9/h6H,3-5H2,1-2H3. The smallest absolute Gasteiger partial charge is 0.255 e. The summed E-state index contributed by atoms with van der Waals surface area (Å²) in [4.78, 5) is 19.2. The van der Waals surface area contributed by atoms with Gasteiger partial charge in [0.1, 0.15) is 5.82 Å². The number of hydrogen-bond donors (Lipinski definition) is 0. The molecule has 0 spiro atoms. The Morgan fingerprint density at radius 2 is 2.29 bits per heavy atom. The Balaban J connectivity index is 2.97. The van der Waals surface area contributed by atoms with E-state index in [1.807, 2.05) is 0 Å². The van der Waals surface area contributed by atoms with Crippen molar-refractivity contribution in [3.05, 3.63) is 23.3 Å². The minimum absolute atomic E-state index is 0.436. The van der Waals surface area contributed by atoms with Crippen LogP contribution >= 0.6 is 11.6 Å². The van der Waals surface area contributed by atoms with Gasteiger partial charge in [-0.25, -0.2) is 9.97 Å². The van der Waals surface area contributed by atoms with Crippen molar-refractivity contribution in [1.29, 1.82) is 0 Å². The monoisotopic (exact) mass is 212 g/mol. The zero-order valence-corrected chi connectivity index (χ0v) is 9.14. The van der Waals surface area contributed by atoms with E-state index >= 15 is 0 Å². The summed E-state index contributed by atoms with van der Waals surface area (Å²) >= 11 is 5.42. The van der Waals surface area contributed by atoms with Crippen LogP contribution in [0.25, 0.3) is 0 Å². The van der Waals surface area contributed by atoms with Crippen molar-refractivity contribution in [2.24, 2.45) is 0 Å². The Morgan fingerprint density at radius 3 is 2.86 bits per heavy atom. The number of rotatable bonds is 4. The molecule has 0 aliphatic rings. The lowest BCUT2D eigenvalue weighted by Gasteiger charge is -2.04. The lowest BCUT2D eigenvalue weighted by Crippen LogP contribution is -2.04. The van der Waals surface area contributed by atoms with Gasteiger partial charge in [0.05, 0.1) is 11.3 Å². The van der Waals surface area contributed by atoms with Gasteiger partial charge in [0, 0.05) is 6.20 Å². The molecule has 0 fully saturated rings. The third-order valence-electron chi connectivity index (χ3n) is 1.97. The molecule has 0 aliphatic carbocycles. The molecular formula is C10H13ClN2O. The first-order valence-electron chi connectivity index (χ1n) is 4.67. The molecule has 0 aliphatic heterocycles. The van der Waals surface area contributed by atoms with Gasteiger partial charge in [0.15, 0.2) is 0 Å². The summed E-state index contributed by atoms with van der Waals surface area (Å²) in [6.45, 7) is 3.90. The Labute approximate surface area is 88.5 Å². The molecule has 0 saturated heterocycles. The summed E-state index contributed by atoms with van der Waals surface area (Å²) in [6, 6.07) is 0. The minimum Gasteiger partial charge on any atom is -0.275 e. The van der Waals surface area contributed by atoms with Crippen molar-refractivity contribution in [2.75, 3.05) is 0 Å². The summed E-state index contributed by atoms with van der Waals surface area (Å²) < 4.78 is 0. The summed E-state index contributed by atoms with van der Waals surface area (Å²) in [7, 11) is 0. The maximum Gasteiger partial charge on any atom is 0.255 e. The molecule has 0 unspecified atom stereocenters. The number of carbonyl (C=O) groups is 1. The van der Waals surface area contributed by atoms with Crippen molar-refractivity contribution >= 4 is 16.8 Å². The molecule has 0 aromatic carbocycles. The third kappa shape index (κ3) is 2.77. The second-order valence-electron chi connectivity index (χ2n) is 3.15. The molecule has 0 atom stereocenters. The number of unbranched alkanes of at least 4 members (excludes halogenated alkanes) is 1. The van der Waals surface area contributed by atoms with Crippen molar-refractivity contribution in [3.8, 4) is 0 Å². The molecule has 1 heterocycles. The van der Waals surface area contributed by atoms with Crippen LogP contribution in [0.15, 0.2) is 6.20 Å². The van der Waals surface area contributed by atoms with Gasteiger partial charge in [-0.1, -0.05) is 13.3 Å². The first kappa shape index (κ1) is 11.1. The molecule has 3 nitrogen and oxygen atoms in total. The van der Waals surface area contributed by atoms with Gasteiger partial charge in [-0.15, -0.1) is 0 Å². The molecule has 0 bridgehead atoms. The second kappa shape index (κ2) is 5.05. The van der Waals surface area contributed by atoms with Gasteiger partial charge in [-0.2, -0.15) is 0 Å². The average molecular weight is 213 g/mol. The van der Waals surface area contributed by atoms with Crippen LogP contribution in [0.5, 0.6) is 0 Å². The number of carbonyl (C=O) groups excluding carboxylic acids is 1. The van der Waals surface area contributed by atoms with Crippen molar-refractivity contribution < 1.29 is 4.79 Å². The van der Waals surface area contributed by atoms with Gasteiger partial charge in [0.25, 0.3) is 5.24 Å². The Bertz CT molecular complexity index is 339. The lowest BCUT2D eigenvalue weighted by atomic mass is 10.1. The molecule has 4 heteroatoms. The fraction of sp³-hybridized carbons (Fsp3) is 0.500. The Hall–Kier alpha value is -0.960. The highest BCUT2D eigenvalue weighted by atomic mass is 35.5. The SMILES string of the molecule is CCCCc1nc(C)ncc1C(=O)Cl. The van der Waals surface area contributed by atoms with E-state index in [1.54, 1.807) is 6.92 Å². The van der Waals surface area contributed by atoms with Gasteiger partial charge >= 0.3 is 0 Å². The Kier molecular flexibility index (Phi) is 4.01. The molecule has 76 valence electrons. The molecule has 1 rings (SSSR count). The molecular weight excluding hydrogens is 200 g/mol. The van der Waals surface area contributed by atoms with Crippen LogP contribution in [0.4, 0.5) is 0 Å². The highest BCUT2D eigenvalue weighted by molar-refractivity contribution is 6.67. The summed E-state index contributed by atoms with van der Waals surface area (Å²) in [5, 5.41) is -0.476. The van der Waals surface area contributed by atoms with E-state index in [-0.39, 0.29) is 0 Å². The minimum atomic E-state index is -0.476. The predicted molar refractivity (Wildman–Crippen MR) is 55.6 cm³/mol. The van der Waals surface area contributed by atoms with E-state index in [2.05, 4.69) is 16.9 Å². The number of nitrogens with zero attached hydrogens (tertiary/aromatic N) is 2. The van der Waals surface area contributed by atoms with E-state index in [9.17, 15) is 4.79 Å². The average Bonchev–Trinajstić information content (AvgIpc) is 2.14. The zero-order chi connectivity index (χ0) is 10.6. The first-order valence-corrected chi connectivity index (χ1v) is 5.05. The van der Waals surface area contributed by atoms with Crippen LogP contribution in [-0.2, 0) is 6.42 Å². The fourth-order valence-electron chi connectivity index (χ4n) is 1.22. The second-order valence-corrected chi connectivity index (χ2v) is 3.50. The van der Waals surface area contributed by atoms with Gasteiger partial charge < -0.3 is 0 Å². The van der Waals surface area contributed by atoms with Crippen LogP contribution in [-0.4, -0.2) is 15.2 Å². The highest BCUT2D eigenvalue weighted by Gasteiger charge is 2.10. The summed E-state index contributed by atoms with van der Waals surface area (Å²) in [6.07, 6.45) is 4.36. The summed E-state index contributed by atoms with van der Waals surface area (Å²) in [5.41, 5.74) is 1.20. The maximum absolute atomic E-state index is 11.0. The van der Waals surface area contributed by atoms with Crippen LogP contribution < -0.4 is 0 Å². The highest BCUT2D eigenvalue weighted by Crippen LogP contribution is 2.11. The lowest BCUT2D eigenvalue weighted by molar-refractivity contribution is 0.107. The topological polar surface area (TPSA) is 42.9 Å². The van der Waals surface area contributed by atoms with Crippen molar-refractivity contribution in [1.82, 2.24) is 9.97 Å². The van der Waals surface area contributed by atoms with E-state index < -0.39 is 5.24 Å². The van der Waals surface area contributed by atoms with E-state index in [1.165, 1.54) is 6.20 Å². The number of hydrogen-bond acceptors (Lipinski definition) is 3. The van der Waals surface area contributed by atoms with Gasteiger partial charge in [-0.3, -0.25) is 4.79 Å². The van der Waals surface area contributed by atoms with Gasteiger partial charge in [-0.05, 0) is 31.4 Å². The van der Waals surface area contributed by atoms with Crippen LogP contribution in [0.1, 0.15) is 41.6 Å². The molecule has 0 saturated carbocycles. The van der Waals surface area contributed by atoms with Crippen molar-refractivity contribution in [2.45, 2.75) is 33.1 Å². The van der Waals surface area contributed by atoms with Gasteiger partial charge in [0.2, 0.25) is 0 Å². The molecule has 1 aromatic rings. The predicted octanol–water partition coefficient (Wildman–Crippen LogP) is 2.51. The third-order valence-corrected chi connectivity index (χ3v) is 2.17. The van der Waals surface area contributed by atoms with Crippen LogP contribution in [0, 0.1) is 6.92 Å². The molecule has 0 amide bonds. The fourth-order valence-corrected chi connectivity index (χ4v) is 1.37. The van der Waals surface area contributed by atoms with E-state index in [4.69, 9.17) is 11.6 Å². The number of aromatic nitrogens is 2. The molecule has 0 radical (unpaired) electrons. The number of halogens is 1. The zero-order valence-electron chi connectivity index (χ0n) is 8.38. The maximum atomic E-state index is 11.0. The van der Waals surface area contributed by atoms with E-state index in [0.717, 1.165) is 25.0 Å². The summed E-state index contributed by atoms with van der Waals surface area (Å²) in [5.74, 6) is 0.678. The number of aryl methyl sites for hydroxylation is 2. The van der Waals surface area contributed by atoms with Crippen molar-refractivity contribution in [3.63, 3.8) is 0 Å². The van der Waals surface area contributed by atoms with E-state index in [0.29, 0.717) is 11.4 Å². The van der Waals surface area contributed by atoms with Crippen LogP contribution in [0.3, 0.4) is 0 Å². The quantitative estimate of drug-likeness (QED) is 0.721. The normalized spacial score (nSPS) is 10.2. The first-order chi connectivity index (χ1) is 6.65. The largest absolute Gasteiger partial charge is 0.275 e. The Morgan fingerprint density at radius 1 is 1.57 bits per heavy atom. The molecule has 1 aromatic heterocycles. The van der Waals surface area contributed by atoms with Crippen LogP contribution in [0.2, 0.25) is 0 Å². The molecule has 14 heavy (non-hydrogen) atoms. The molecule has 0 N–H and O–H groups in total.